The number of hydrogen-bond donors (Lipinski definition) is 1. The second-order valence-corrected chi connectivity index (χ2v) is 7.29. The summed E-state index contributed by atoms with van der Waals surface area (Å²) in [5, 5.41) is 3.61. The number of nitrogens with zero attached hydrogens (tertiary/aromatic N) is 2. The van der Waals surface area contributed by atoms with Crippen molar-refractivity contribution in [1.29, 1.82) is 0 Å². The van der Waals surface area contributed by atoms with Crippen LogP contribution in [0.5, 0.6) is 0 Å². The van der Waals surface area contributed by atoms with Gasteiger partial charge in [0.05, 0.1) is 16.8 Å². The SMILES string of the molecule is CCN(CC)C(=O)c1ccc(NC(=O)COCc2nc3ccccc3s2)cc1. The monoisotopic (exact) mass is 397 g/mol. The Labute approximate surface area is 168 Å². The smallest absolute Gasteiger partial charge is 0.253 e. The molecule has 0 aliphatic heterocycles. The van der Waals surface area contributed by atoms with Crippen molar-refractivity contribution in [2.75, 3.05) is 25.0 Å². The summed E-state index contributed by atoms with van der Waals surface area (Å²) in [7, 11) is 0. The Bertz CT molecular complexity index is 916. The van der Waals surface area contributed by atoms with Crippen LogP contribution in [-0.2, 0) is 16.1 Å². The molecule has 0 spiro atoms. The predicted octanol–water partition coefficient (Wildman–Crippen LogP) is 3.93. The van der Waals surface area contributed by atoms with Crippen LogP contribution in [0.2, 0.25) is 0 Å². The van der Waals surface area contributed by atoms with E-state index in [0.29, 0.717) is 30.9 Å². The molecule has 3 rings (SSSR count). The molecule has 0 saturated heterocycles. The first-order valence-corrected chi connectivity index (χ1v) is 10.0. The van der Waals surface area contributed by atoms with E-state index in [1.807, 2.05) is 38.1 Å². The first-order valence-electron chi connectivity index (χ1n) is 9.22. The Morgan fingerprint density at radius 3 is 2.46 bits per heavy atom. The fraction of sp³-hybridized carbons (Fsp3) is 0.286. The van der Waals surface area contributed by atoms with Crippen LogP contribution in [0.3, 0.4) is 0 Å². The number of amides is 2. The number of para-hydroxylation sites is 1. The zero-order valence-electron chi connectivity index (χ0n) is 16.0. The average Bonchev–Trinajstić information content (AvgIpc) is 3.12. The quantitative estimate of drug-likeness (QED) is 0.625. The maximum Gasteiger partial charge on any atom is 0.253 e. The number of nitrogens with one attached hydrogen (secondary N) is 1. The normalized spacial score (nSPS) is 10.8. The Kier molecular flexibility index (Phi) is 6.73. The Morgan fingerprint density at radius 2 is 1.79 bits per heavy atom. The Hall–Kier alpha value is -2.77. The van der Waals surface area contributed by atoms with Gasteiger partial charge < -0.3 is 15.0 Å². The van der Waals surface area contributed by atoms with Gasteiger partial charge in [0.1, 0.15) is 11.6 Å². The number of rotatable bonds is 8. The van der Waals surface area contributed by atoms with Crippen LogP contribution >= 0.6 is 11.3 Å². The Morgan fingerprint density at radius 1 is 1.07 bits per heavy atom. The lowest BCUT2D eigenvalue weighted by atomic mass is 10.2. The van der Waals surface area contributed by atoms with Crippen molar-refractivity contribution in [3.63, 3.8) is 0 Å². The molecule has 0 aliphatic rings. The van der Waals surface area contributed by atoms with E-state index in [2.05, 4.69) is 10.3 Å². The number of aromatic nitrogens is 1. The van der Waals surface area contributed by atoms with Crippen molar-refractivity contribution in [1.82, 2.24) is 9.88 Å². The molecule has 28 heavy (non-hydrogen) atoms. The molecule has 7 heteroatoms. The summed E-state index contributed by atoms with van der Waals surface area (Å²) >= 11 is 1.56. The third-order valence-corrected chi connectivity index (χ3v) is 5.27. The fourth-order valence-electron chi connectivity index (χ4n) is 2.80. The highest BCUT2D eigenvalue weighted by Gasteiger charge is 2.12. The van der Waals surface area contributed by atoms with Gasteiger partial charge in [-0.1, -0.05) is 12.1 Å². The average molecular weight is 398 g/mol. The van der Waals surface area contributed by atoms with Gasteiger partial charge in [-0.2, -0.15) is 0 Å². The maximum absolute atomic E-state index is 12.3. The lowest BCUT2D eigenvalue weighted by Gasteiger charge is -2.18. The molecule has 1 heterocycles. The van der Waals surface area contributed by atoms with Gasteiger partial charge >= 0.3 is 0 Å². The van der Waals surface area contributed by atoms with Gasteiger partial charge in [-0.25, -0.2) is 4.98 Å². The van der Waals surface area contributed by atoms with E-state index in [9.17, 15) is 9.59 Å². The standard InChI is InChI=1S/C21H23N3O3S/c1-3-24(4-2)21(26)15-9-11-16(12-10-15)22-19(25)13-27-14-20-23-17-7-5-6-8-18(17)28-20/h5-12H,3-4,13-14H2,1-2H3,(H,22,25). The molecule has 0 atom stereocenters. The summed E-state index contributed by atoms with van der Waals surface area (Å²) in [4.78, 5) is 30.6. The number of anilines is 1. The lowest BCUT2D eigenvalue weighted by Crippen LogP contribution is -2.30. The number of hydrogen-bond acceptors (Lipinski definition) is 5. The van der Waals surface area contributed by atoms with E-state index in [4.69, 9.17) is 4.74 Å². The van der Waals surface area contributed by atoms with Crippen LogP contribution in [0.15, 0.2) is 48.5 Å². The highest BCUT2D eigenvalue weighted by molar-refractivity contribution is 7.18. The molecule has 2 aromatic carbocycles. The van der Waals surface area contributed by atoms with E-state index >= 15 is 0 Å². The number of thiazole rings is 1. The number of fused-ring (bicyclic) bond motifs is 1. The van der Waals surface area contributed by atoms with Crippen LogP contribution < -0.4 is 5.32 Å². The molecule has 0 aliphatic carbocycles. The summed E-state index contributed by atoms with van der Waals surface area (Å²) in [5.41, 5.74) is 2.17. The minimum Gasteiger partial charge on any atom is -0.364 e. The number of benzene rings is 2. The van der Waals surface area contributed by atoms with Gasteiger partial charge in [0.2, 0.25) is 5.91 Å². The van der Waals surface area contributed by atoms with Gasteiger partial charge in [-0.3, -0.25) is 9.59 Å². The van der Waals surface area contributed by atoms with Crippen molar-refractivity contribution in [3.8, 4) is 0 Å². The molecule has 0 unspecified atom stereocenters. The van der Waals surface area contributed by atoms with Crippen LogP contribution in [-0.4, -0.2) is 41.4 Å². The minimum atomic E-state index is -0.246. The zero-order valence-corrected chi connectivity index (χ0v) is 16.8. The molecule has 3 aromatic rings. The lowest BCUT2D eigenvalue weighted by molar-refractivity contribution is -0.121. The van der Waals surface area contributed by atoms with Crippen LogP contribution in [0.25, 0.3) is 10.2 Å². The third kappa shape index (κ3) is 4.94. The second-order valence-electron chi connectivity index (χ2n) is 6.17. The van der Waals surface area contributed by atoms with Crippen molar-refractivity contribution in [2.24, 2.45) is 0 Å². The van der Waals surface area contributed by atoms with Gasteiger partial charge in [0.25, 0.3) is 5.91 Å². The van der Waals surface area contributed by atoms with E-state index in [1.54, 1.807) is 40.5 Å². The van der Waals surface area contributed by atoms with Gasteiger partial charge in [-0.05, 0) is 50.2 Å². The topological polar surface area (TPSA) is 71.5 Å². The van der Waals surface area contributed by atoms with Crippen molar-refractivity contribution in [3.05, 3.63) is 59.1 Å². The van der Waals surface area contributed by atoms with E-state index in [-0.39, 0.29) is 18.4 Å². The highest BCUT2D eigenvalue weighted by Crippen LogP contribution is 2.22. The maximum atomic E-state index is 12.3. The molecule has 2 amide bonds. The summed E-state index contributed by atoms with van der Waals surface area (Å²) in [6, 6.07) is 14.8. The number of carbonyl (C=O) groups excluding carboxylic acids is 2. The molecular formula is C21H23N3O3S. The molecule has 0 saturated carbocycles. The van der Waals surface area contributed by atoms with E-state index in [0.717, 1.165) is 15.2 Å². The zero-order chi connectivity index (χ0) is 19.9. The molecule has 0 fully saturated rings. The fourth-order valence-corrected chi connectivity index (χ4v) is 3.70. The van der Waals surface area contributed by atoms with Gasteiger partial charge in [-0.15, -0.1) is 11.3 Å². The van der Waals surface area contributed by atoms with E-state index < -0.39 is 0 Å². The third-order valence-electron chi connectivity index (χ3n) is 4.26. The summed E-state index contributed by atoms with van der Waals surface area (Å²) in [5.74, 6) is -0.258. The second kappa shape index (κ2) is 9.43. The van der Waals surface area contributed by atoms with Crippen molar-refractivity contribution >= 4 is 39.1 Å². The Balaban J connectivity index is 1.48. The predicted molar refractivity (Wildman–Crippen MR) is 112 cm³/mol. The summed E-state index contributed by atoms with van der Waals surface area (Å²) < 4.78 is 6.58. The minimum absolute atomic E-state index is 0.0120. The largest absolute Gasteiger partial charge is 0.364 e. The molecule has 1 aromatic heterocycles. The van der Waals surface area contributed by atoms with Crippen LogP contribution in [0.4, 0.5) is 5.69 Å². The van der Waals surface area contributed by atoms with E-state index in [1.165, 1.54) is 0 Å². The summed E-state index contributed by atoms with van der Waals surface area (Å²) in [6.45, 7) is 5.47. The summed E-state index contributed by atoms with van der Waals surface area (Å²) in [6.07, 6.45) is 0. The molecular weight excluding hydrogens is 374 g/mol. The molecule has 146 valence electrons. The van der Waals surface area contributed by atoms with Crippen LogP contribution in [0.1, 0.15) is 29.2 Å². The molecule has 6 nitrogen and oxygen atoms in total. The van der Waals surface area contributed by atoms with Crippen molar-refractivity contribution < 1.29 is 14.3 Å². The van der Waals surface area contributed by atoms with Crippen LogP contribution in [0, 0.1) is 0 Å². The highest BCUT2D eigenvalue weighted by atomic mass is 32.1. The van der Waals surface area contributed by atoms with Gasteiger partial charge in [0, 0.05) is 24.3 Å². The molecule has 0 bridgehead atoms. The first-order chi connectivity index (χ1) is 13.6. The van der Waals surface area contributed by atoms with Crippen molar-refractivity contribution in [2.45, 2.75) is 20.5 Å². The molecule has 1 N–H and O–H groups in total. The molecule has 0 radical (unpaired) electrons. The number of carbonyl (C=O) groups is 2. The van der Waals surface area contributed by atoms with Gasteiger partial charge in [0.15, 0.2) is 0 Å². The first kappa shape index (κ1) is 20.0. The number of ether oxygens (including phenoxy) is 1.